The van der Waals surface area contributed by atoms with Crippen molar-refractivity contribution >= 4 is 28.8 Å². The average Bonchev–Trinajstić information content (AvgIpc) is 3.58. The quantitative estimate of drug-likeness (QED) is 0.466. The number of halogens is 1. The van der Waals surface area contributed by atoms with E-state index in [-0.39, 0.29) is 5.56 Å². The summed E-state index contributed by atoms with van der Waals surface area (Å²) in [5.41, 5.74) is 2.99. The minimum absolute atomic E-state index is 0.325. The highest BCUT2D eigenvalue weighted by Gasteiger charge is 2.27. The normalized spacial score (nSPS) is 14.3. The molecule has 1 aliphatic rings. The van der Waals surface area contributed by atoms with Crippen molar-refractivity contribution in [2.24, 2.45) is 0 Å². The molecule has 9 nitrogen and oxygen atoms in total. The molecule has 1 N–H and O–H groups in total. The fraction of sp³-hybridized carbons (Fsp3) is 0.261. The van der Waals surface area contributed by atoms with Gasteiger partial charge in [0.05, 0.1) is 35.4 Å². The minimum atomic E-state index is -0.803. The standard InChI is InChI=1S/C23H21ClN6O3/c1-13(30-22(31)10-7-17(27-30)14-3-4-14)23(32)26-18-11-15(5-6-16(18)24)19-12-29-20(25-19)8-9-21(28-29)33-2/h5-14H,3-4H2,1-2H3,(H,26,32). The van der Waals surface area contributed by atoms with E-state index in [2.05, 4.69) is 20.5 Å². The second-order valence-electron chi connectivity index (χ2n) is 7.98. The fourth-order valence-electron chi connectivity index (χ4n) is 3.56. The van der Waals surface area contributed by atoms with Gasteiger partial charge in [-0.1, -0.05) is 17.7 Å². The number of carbonyl (C=O) groups excluding carboxylic acids is 1. The van der Waals surface area contributed by atoms with Gasteiger partial charge in [-0.3, -0.25) is 9.59 Å². The van der Waals surface area contributed by atoms with Crippen molar-refractivity contribution in [1.82, 2.24) is 24.4 Å². The highest BCUT2D eigenvalue weighted by atomic mass is 35.5. The lowest BCUT2D eigenvalue weighted by atomic mass is 10.1. The molecule has 1 unspecified atom stereocenters. The number of hydrogen-bond donors (Lipinski definition) is 1. The molecule has 1 aromatic carbocycles. The number of carbonyl (C=O) groups is 1. The number of benzene rings is 1. The maximum atomic E-state index is 13.0. The highest BCUT2D eigenvalue weighted by molar-refractivity contribution is 6.33. The van der Waals surface area contributed by atoms with Crippen molar-refractivity contribution in [2.45, 2.75) is 31.7 Å². The van der Waals surface area contributed by atoms with E-state index < -0.39 is 11.9 Å². The molecule has 0 aliphatic heterocycles. The molecule has 10 heteroatoms. The summed E-state index contributed by atoms with van der Waals surface area (Å²) in [5.74, 6) is 0.454. The van der Waals surface area contributed by atoms with Crippen LogP contribution >= 0.6 is 11.6 Å². The Labute approximate surface area is 194 Å². The molecule has 168 valence electrons. The molecule has 0 bridgehead atoms. The molecule has 3 aromatic heterocycles. The first-order chi connectivity index (χ1) is 15.9. The zero-order chi connectivity index (χ0) is 23.1. The van der Waals surface area contributed by atoms with Crippen LogP contribution in [0, 0.1) is 0 Å². The van der Waals surface area contributed by atoms with Crippen molar-refractivity contribution in [3.63, 3.8) is 0 Å². The van der Waals surface area contributed by atoms with E-state index in [1.807, 2.05) is 6.07 Å². The molecule has 5 rings (SSSR count). The number of nitrogens with zero attached hydrogens (tertiary/aromatic N) is 5. The Bertz CT molecular complexity index is 1430. The van der Waals surface area contributed by atoms with Crippen LogP contribution in [0.1, 0.15) is 37.4 Å². The average molecular weight is 465 g/mol. The monoisotopic (exact) mass is 464 g/mol. The molecule has 33 heavy (non-hydrogen) atoms. The van der Waals surface area contributed by atoms with Crippen molar-refractivity contribution in [3.8, 4) is 17.1 Å². The van der Waals surface area contributed by atoms with Crippen molar-refractivity contribution in [1.29, 1.82) is 0 Å². The molecule has 1 amide bonds. The van der Waals surface area contributed by atoms with Crippen LogP contribution in [0.5, 0.6) is 5.88 Å². The van der Waals surface area contributed by atoms with Crippen molar-refractivity contribution < 1.29 is 9.53 Å². The molecule has 0 spiro atoms. The van der Waals surface area contributed by atoms with E-state index in [1.54, 1.807) is 55.1 Å². The largest absolute Gasteiger partial charge is 0.480 e. The number of hydrogen-bond acceptors (Lipinski definition) is 6. The molecular formula is C23H21ClN6O3. The smallest absolute Gasteiger partial charge is 0.267 e. The predicted octanol–water partition coefficient (Wildman–Crippen LogP) is 3.69. The Hall–Kier alpha value is -3.72. The second-order valence-corrected chi connectivity index (χ2v) is 8.39. The molecule has 1 atom stereocenters. The van der Waals surface area contributed by atoms with E-state index in [1.165, 1.54) is 10.7 Å². The number of fused-ring (bicyclic) bond motifs is 1. The van der Waals surface area contributed by atoms with E-state index in [9.17, 15) is 9.59 Å². The van der Waals surface area contributed by atoms with E-state index in [0.717, 1.165) is 24.1 Å². The zero-order valence-electron chi connectivity index (χ0n) is 18.0. The Morgan fingerprint density at radius 3 is 2.76 bits per heavy atom. The van der Waals surface area contributed by atoms with E-state index in [0.29, 0.717) is 33.8 Å². The summed E-state index contributed by atoms with van der Waals surface area (Å²) in [6.45, 7) is 1.64. The molecule has 0 saturated heterocycles. The van der Waals surface area contributed by atoms with Gasteiger partial charge in [0.2, 0.25) is 11.8 Å². The highest BCUT2D eigenvalue weighted by Crippen LogP contribution is 2.38. The lowest BCUT2D eigenvalue weighted by Crippen LogP contribution is -2.33. The number of methoxy groups -OCH3 is 1. The number of anilines is 1. The summed E-state index contributed by atoms with van der Waals surface area (Å²) >= 11 is 6.35. The maximum absolute atomic E-state index is 13.0. The minimum Gasteiger partial charge on any atom is -0.480 e. The first kappa shape index (κ1) is 21.1. The number of amides is 1. The number of imidazole rings is 1. The Balaban J connectivity index is 1.41. The third-order valence-corrected chi connectivity index (χ3v) is 5.94. The Kier molecular flexibility index (Phi) is 5.33. The van der Waals surface area contributed by atoms with Crippen LogP contribution in [-0.4, -0.2) is 37.4 Å². The summed E-state index contributed by atoms with van der Waals surface area (Å²) in [6.07, 6.45) is 3.88. The van der Waals surface area contributed by atoms with E-state index in [4.69, 9.17) is 16.3 Å². The van der Waals surface area contributed by atoms with Crippen molar-refractivity contribution in [2.75, 3.05) is 12.4 Å². The predicted molar refractivity (Wildman–Crippen MR) is 124 cm³/mol. The summed E-state index contributed by atoms with van der Waals surface area (Å²) < 4.78 is 8.00. The SMILES string of the molecule is COc1ccc2nc(-c3ccc(Cl)c(NC(=O)C(C)n4nc(C5CC5)ccc4=O)c3)cn2n1. The van der Waals surface area contributed by atoms with Gasteiger partial charge in [-0.2, -0.15) is 5.10 Å². The van der Waals surface area contributed by atoms with Gasteiger partial charge in [-0.25, -0.2) is 14.2 Å². The lowest BCUT2D eigenvalue weighted by Gasteiger charge is -2.16. The molecule has 1 saturated carbocycles. The van der Waals surface area contributed by atoms with Gasteiger partial charge in [0.25, 0.3) is 5.56 Å². The summed E-state index contributed by atoms with van der Waals surface area (Å²) in [5, 5.41) is 11.9. The third-order valence-electron chi connectivity index (χ3n) is 5.61. The van der Waals surface area contributed by atoms with Crippen LogP contribution in [0.3, 0.4) is 0 Å². The molecule has 1 fully saturated rings. The van der Waals surface area contributed by atoms with Gasteiger partial charge in [-0.05, 0) is 44.0 Å². The van der Waals surface area contributed by atoms with Gasteiger partial charge in [0, 0.05) is 23.6 Å². The topological polar surface area (TPSA) is 103 Å². The van der Waals surface area contributed by atoms with Gasteiger partial charge in [-0.15, -0.1) is 5.10 Å². The van der Waals surface area contributed by atoms with Crippen LogP contribution in [0.2, 0.25) is 5.02 Å². The lowest BCUT2D eigenvalue weighted by molar-refractivity contribution is -0.119. The van der Waals surface area contributed by atoms with Crippen LogP contribution in [0.4, 0.5) is 5.69 Å². The Morgan fingerprint density at radius 2 is 2.00 bits per heavy atom. The number of nitrogens with one attached hydrogen (secondary N) is 1. The van der Waals surface area contributed by atoms with Gasteiger partial charge >= 0.3 is 0 Å². The molecule has 1 aliphatic carbocycles. The number of rotatable bonds is 6. The second kappa shape index (κ2) is 8.32. The van der Waals surface area contributed by atoms with Crippen LogP contribution in [0.15, 0.2) is 53.5 Å². The van der Waals surface area contributed by atoms with Gasteiger partial charge in [0.1, 0.15) is 6.04 Å². The van der Waals surface area contributed by atoms with Crippen LogP contribution in [-0.2, 0) is 4.79 Å². The molecule has 4 aromatic rings. The molecule has 0 radical (unpaired) electrons. The summed E-state index contributed by atoms with van der Waals surface area (Å²) in [4.78, 5) is 29.8. The van der Waals surface area contributed by atoms with E-state index >= 15 is 0 Å². The first-order valence-electron chi connectivity index (χ1n) is 10.5. The van der Waals surface area contributed by atoms with Crippen molar-refractivity contribution in [3.05, 3.63) is 69.7 Å². The van der Waals surface area contributed by atoms with Gasteiger partial charge in [0.15, 0.2) is 5.65 Å². The first-order valence-corrected chi connectivity index (χ1v) is 10.9. The molecule has 3 heterocycles. The summed E-state index contributed by atoms with van der Waals surface area (Å²) in [7, 11) is 1.55. The number of ether oxygens (including phenoxy) is 1. The Morgan fingerprint density at radius 1 is 1.18 bits per heavy atom. The maximum Gasteiger partial charge on any atom is 0.267 e. The number of aromatic nitrogens is 5. The molecular weight excluding hydrogens is 444 g/mol. The van der Waals surface area contributed by atoms with Crippen LogP contribution < -0.4 is 15.6 Å². The van der Waals surface area contributed by atoms with Gasteiger partial charge < -0.3 is 10.1 Å². The zero-order valence-corrected chi connectivity index (χ0v) is 18.8. The van der Waals surface area contributed by atoms with Crippen LogP contribution in [0.25, 0.3) is 16.9 Å². The summed E-state index contributed by atoms with van der Waals surface area (Å²) in [6, 6.07) is 11.2. The fourth-order valence-corrected chi connectivity index (χ4v) is 3.72. The third kappa shape index (κ3) is 4.19.